The maximum Gasteiger partial charge on any atom is 0.0761 e. The van der Waals surface area contributed by atoms with E-state index in [4.69, 9.17) is 11.6 Å². The second-order valence-electron chi connectivity index (χ2n) is 7.97. The summed E-state index contributed by atoms with van der Waals surface area (Å²) in [4.78, 5) is 0. The molecule has 0 bridgehead atoms. The zero-order valence-electron chi connectivity index (χ0n) is 17.6. The molecule has 2 rings (SSSR count). The van der Waals surface area contributed by atoms with Crippen molar-refractivity contribution in [3.63, 3.8) is 0 Å². The van der Waals surface area contributed by atoms with Gasteiger partial charge in [-0.05, 0) is 60.8 Å². The number of halogens is 2. The van der Waals surface area contributed by atoms with Crippen LogP contribution in [-0.2, 0) is 12.8 Å². The van der Waals surface area contributed by atoms with Crippen LogP contribution in [0.15, 0.2) is 48.5 Å². The fraction of sp³-hybridized carbons (Fsp3) is 0.500. The summed E-state index contributed by atoms with van der Waals surface area (Å²) in [6, 6.07) is 16.8. The van der Waals surface area contributed by atoms with Crippen LogP contribution in [0.25, 0.3) is 0 Å². The van der Waals surface area contributed by atoms with E-state index in [1.165, 1.54) is 16.7 Å². The van der Waals surface area contributed by atoms with E-state index >= 15 is 0 Å². The van der Waals surface area contributed by atoms with Gasteiger partial charge in [0.05, 0.1) is 11.5 Å². The highest BCUT2D eigenvalue weighted by atomic mass is 35.5. The molecule has 0 spiro atoms. The van der Waals surface area contributed by atoms with Crippen LogP contribution in [0.3, 0.4) is 0 Å². The van der Waals surface area contributed by atoms with E-state index in [1.54, 1.807) is 6.92 Å². The van der Waals surface area contributed by atoms with Gasteiger partial charge in [-0.15, -0.1) is 24.0 Å². The van der Waals surface area contributed by atoms with Crippen LogP contribution in [0.1, 0.15) is 75.3 Å². The fourth-order valence-corrected chi connectivity index (χ4v) is 2.94. The third-order valence-corrected chi connectivity index (χ3v) is 4.44. The molecule has 3 heteroatoms. The molecule has 2 unspecified atom stereocenters. The maximum absolute atomic E-state index is 9.30. The first-order valence-electron chi connectivity index (χ1n) is 9.68. The molecule has 0 radical (unpaired) electrons. The minimum Gasteiger partial charge on any atom is -0.389 e. The zero-order valence-corrected chi connectivity index (χ0v) is 19.1. The van der Waals surface area contributed by atoms with E-state index in [0.717, 1.165) is 24.3 Å². The first kappa shape index (κ1) is 26.0. The molecule has 0 fully saturated rings. The Morgan fingerprint density at radius 2 is 1.00 bits per heavy atom. The van der Waals surface area contributed by atoms with Crippen molar-refractivity contribution in [1.29, 1.82) is 0 Å². The second kappa shape index (κ2) is 13.2. The van der Waals surface area contributed by atoms with Crippen LogP contribution in [0.2, 0.25) is 0 Å². The van der Waals surface area contributed by atoms with Gasteiger partial charge in [0.25, 0.3) is 0 Å². The molecule has 2 aromatic carbocycles. The average Bonchev–Trinajstić information content (AvgIpc) is 2.55. The first-order chi connectivity index (χ1) is 12.2. The monoisotopic (exact) mass is 410 g/mol. The Balaban J connectivity index is 0.000000483. The molecule has 1 nitrogen and oxygen atoms in total. The molecular formula is C24H36Cl2O. The zero-order chi connectivity index (χ0) is 19.7. The van der Waals surface area contributed by atoms with E-state index in [-0.39, 0.29) is 23.9 Å². The summed E-state index contributed by atoms with van der Waals surface area (Å²) < 4.78 is 0. The smallest absolute Gasteiger partial charge is 0.0761 e. The van der Waals surface area contributed by atoms with Gasteiger partial charge in [0.1, 0.15) is 0 Å². The highest BCUT2D eigenvalue weighted by molar-refractivity contribution is 6.20. The second-order valence-corrected chi connectivity index (χ2v) is 8.63. The van der Waals surface area contributed by atoms with Crippen molar-refractivity contribution in [3.05, 3.63) is 70.8 Å². The summed E-state index contributed by atoms with van der Waals surface area (Å²) in [6.45, 7) is 12.7. The van der Waals surface area contributed by atoms with Gasteiger partial charge in [0, 0.05) is 0 Å². The molecule has 0 aliphatic carbocycles. The van der Waals surface area contributed by atoms with Crippen molar-refractivity contribution in [2.45, 2.75) is 65.9 Å². The van der Waals surface area contributed by atoms with E-state index in [9.17, 15) is 5.11 Å². The molecule has 0 saturated heterocycles. The van der Waals surface area contributed by atoms with Crippen LogP contribution in [0.4, 0.5) is 0 Å². The molecule has 0 aliphatic heterocycles. The third-order valence-electron chi connectivity index (χ3n) is 4.19. The fourth-order valence-electron chi connectivity index (χ4n) is 2.79. The molecule has 0 saturated carbocycles. The lowest BCUT2D eigenvalue weighted by Gasteiger charge is -2.07. The van der Waals surface area contributed by atoms with E-state index < -0.39 is 0 Å². The van der Waals surface area contributed by atoms with Gasteiger partial charge in [-0.25, -0.2) is 0 Å². The molecule has 152 valence electrons. The van der Waals surface area contributed by atoms with Gasteiger partial charge >= 0.3 is 0 Å². The predicted octanol–water partition coefficient (Wildman–Crippen LogP) is 7.55. The maximum atomic E-state index is 9.30. The molecule has 0 amide bonds. The first-order valence-corrected chi connectivity index (χ1v) is 10.1. The molecule has 27 heavy (non-hydrogen) atoms. The quantitative estimate of drug-likeness (QED) is 0.487. The largest absolute Gasteiger partial charge is 0.389 e. The lowest BCUT2D eigenvalue weighted by atomic mass is 10.0. The van der Waals surface area contributed by atoms with Crippen LogP contribution in [-0.4, -0.2) is 5.11 Å². The van der Waals surface area contributed by atoms with Crippen molar-refractivity contribution < 1.29 is 5.11 Å². The van der Waals surface area contributed by atoms with Crippen molar-refractivity contribution >= 4 is 24.0 Å². The van der Waals surface area contributed by atoms with Gasteiger partial charge in [-0.3, -0.25) is 0 Å². The van der Waals surface area contributed by atoms with Crippen LogP contribution < -0.4 is 0 Å². The normalized spacial score (nSPS) is 12.8. The summed E-state index contributed by atoms with van der Waals surface area (Å²) in [6.07, 6.45) is 1.91. The van der Waals surface area contributed by atoms with Gasteiger partial charge in [0.15, 0.2) is 0 Å². The van der Waals surface area contributed by atoms with Crippen molar-refractivity contribution in [3.8, 4) is 0 Å². The summed E-state index contributed by atoms with van der Waals surface area (Å²) in [5, 5.41) is 9.42. The number of aliphatic hydroxyl groups is 1. The summed E-state index contributed by atoms with van der Waals surface area (Å²) >= 11 is 5.96. The molecule has 1 N–H and O–H groups in total. The molecule has 0 aliphatic rings. The predicted molar refractivity (Wildman–Crippen MR) is 122 cm³/mol. The molecule has 2 atom stereocenters. The summed E-state index contributed by atoms with van der Waals surface area (Å²) in [7, 11) is 0. The van der Waals surface area contributed by atoms with E-state index in [0.29, 0.717) is 5.92 Å². The Hall–Kier alpha value is -1.02. The Labute approximate surface area is 177 Å². The number of rotatable bonds is 6. The Morgan fingerprint density at radius 3 is 1.26 bits per heavy atom. The average molecular weight is 411 g/mol. The van der Waals surface area contributed by atoms with Gasteiger partial charge in [-0.2, -0.15) is 0 Å². The Kier molecular flexibility index (Phi) is 12.7. The van der Waals surface area contributed by atoms with Crippen LogP contribution in [0.5, 0.6) is 0 Å². The third kappa shape index (κ3) is 10.8. The summed E-state index contributed by atoms with van der Waals surface area (Å²) in [5.41, 5.74) is 4.94. The lowest BCUT2D eigenvalue weighted by Crippen LogP contribution is -1.95. The Morgan fingerprint density at radius 1 is 0.667 bits per heavy atom. The number of aliphatic hydroxyl groups excluding tert-OH is 1. The molecule has 2 aromatic rings. The van der Waals surface area contributed by atoms with Crippen molar-refractivity contribution in [2.75, 3.05) is 0 Å². The number of hydrogen-bond acceptors (Lipinski definition) is 1. The minimum atomic E-state index is -0.354. The molecule has 0 aromatic heterocycles. The minimum absolute atomic E-state index is 0. The molecular weight excluding hydrogens is 375 g/mol. The Bertz CT molecular complexity index is 556. The number of benzene rings is 2. The topological polar surface area (TPSA) is 20.2 Å². The SMILES string of the molecule is CC(C)Cc1ccc(C(C)Cl)cc1.CC(C)Cc1ccc(C(C)O)cc1.Cl. The highest BCUT2D eigenvalue weighted by Crippen LogP contribution is 2.20. The van der Waals surface area contributed by atoms with Crippen molar-refractivity contribution in [1.82, 2.24) is 0 Å². The number of hydrogen-bond donors (Lipinski definition) is 1. The summed E-state index contributed by atoms with van der Waals surface area (Å²) in [5.74, 6) is 1.41. The lowest BCUT2D eigenvalue weighted by molar-refractivity contribution is 0.199. The number of alkyl halides is 1. The van der Waals surface area contributed by atoms with Gasteiger partial charge < -0.3 is 5.11 Å². The van der Waals surface area contributed by atoms with Crippen LogP contribution >= 0.6 is 24.0 Å². The van der Waals surface area contributed by atoms with Crippen LogP contribution in [0, 0.1) is 11.8 Å². The van der Waals surface area contributed by atoms with Gasteiger partial charge in [0.2, 0.25) is 0 Å². The van der Waals surface area contributed by atoms with Crippen molar-refractivity contribution in [2.24, 2.45) is 11.8 Å². The van der Waals surface area contributed by atoms with Gasteiger partial charge in [-0.1, -0.05) is 76.2 Å². The van der Waals surface area contributed by atoms with E-state index in [1.807, 2.05) is 19.1 Å². The highest BCUT2D eigenvalue weighted by Gasteiger charge is 2.02. The van der Waals surface area contributed by atoms with E-state index in [2.05, 4.69) is 64.1 Å². The standard InChI is InChI=1S/C12H17Cl.C12H18O.ClH/c2*1-9(2)8-11-4-6-12(7-5-11)10(3)13;/h4-7,9-10H,8H2,1-3H3;4-7,9-10,13H,8H2,1-3H3;1H. The molecule has 0 heterocycles.